The molecule has 2 aromatic rings. The topological polar surface area (TPSA) is 54.8 Å². The first-order valence-corrected chi connectivity index (χ1v) is 11.3. The van der Waals surface area contributed by atoms with E-state index in [2.05, 4.69) is 63.7 Å². The number of anilines is 1. The van der Waals surface area contributed by atoms with Crippen molar-refractivity contribution in [2.45, 2.75) is 63.6 Å². The van der Waals surface area contributed by atoms with E-state index < -0.39 is 0 Å². The number of rotatable bonds is 7. The van der Waals surface area contributed by atoms with Crippen LogP contribution in [0.25, 0.3) is 0 Å². The standard InChI is InChI=1S/C20H29N5S2/c1-14-10-11-15(2)17(13-14)22-19(26)21-12-6-9-18-23-24-20(27-3)25(18)16-7-4-5-8-16/h10-11,13,16H,4-9,12H2,1-3H3,(H2,21,22,26). The molecule has 146 valence electrons. The molecule has 1 aliphatic carbocycles. The number of aromatic nitrogens is 3. The Bertz CT molecular complexity index is 781. The summed E-state index contributed by atoms with van der Waals surface area (Å²) in [5.74, 6) is 1.11. The molecule has 0 saturated heterocycles. The molecular formula is C20H29N5S2. The predicted octanol–water partition coefficient (Wildman–Crippen LogP) is 4.65. The number of nitrogens with zero attached hydrogens (tertiary/aromatic N) is 3. The monoisotopic (exact) mass is 403 g/mol. The highest BCUT2D eigenvalue weighted by Crippen LogP contribution is 2.33. The third-order valence-electron chi connectivity index (χ3n) is 5.11. The molecule has 1 fully saturated rings. The number of hydrogen-bond acceptors (Lipinski definition) is 4. The summed E-state index contributed by atoms with van der Waals surface area (Å²) in [5.41, 5.74) is 3.49. The summed E-state index contributed by atoms with van der Waals surface area (Å²) in [7, 11) is 0. The second kappa shape index (κ2) is 9.55. The summed E-state index contributed by atoms with van der Waals surface area (Å²) >= 11 is 7.14. The van der Waals surface area contributed by atoms with E-state index in [-0.39, 0.29) is 0 Å². The summed E-state index contributed by atoms with van der Waals surface area (Å²) in [6, 6.07) is 6.93. The van der Waals surface area contributed by atoms with Crippen molar-refractivity contribution in [3.05, 3.63) is 35.2 Å². The molecule has 0 atom stereocenters. The number of hydrogen-bond donors (Lipinski definition) is 2. The molecule has 5 nitrogen and oxygen atoms in total. The quantitative estimate of drug-likeness (QED) is 0.399. The molecule has 27 heavy (non-hydrogen) atoms. The number of thioether (sulfide) groups is 1. The van der Waals surface area contributed by atoms with E-state index in [0.717, 1.165) is 36.1 Å². The molecule has 2 N–H and O–H groups in total. The van der Waals surface area contributed by atoms with Crippen LogP contribution >= 0.6 is 24.0 Å². The zero-order valence-corrected chi connectivity index (χ0v) is 18.1. The zero-order valence-electron chi connectivity index (χ0n) is 16.4. The van der Waals surface area contributed by atoms with Crippen molar-refractivity contribution in [1.82, 2.24) is 20.1 Å². The van der Waals surface area contributed by atoms with E-state index in [9.17, 15) is 0 Å². The maximum Gasteiger partial charge on any atom is 0.191 e. The van der Waals surface area contributed by atoms with Crippen molar-refractivity contribution in [1.29, 1.82) is 0 Å². The first-order chi connectivity index (χ1) is 13.1. The van der Waals surface area contributed by atoms with Crippen LogP contribution in [0.1, 0.15) is 55.1 Å². The van der Waals surface area contributed by atoms with Gasteiger partial charge in [-0.15, -0.1) is 10.2 Å². The largest absolute Gasteiger partial charge is 0.362 e. The fraction of sp³-hybridized carbons (Fsp3) is 0.550. The summed E-state index contributed by atoms with van der Waals surface area (Å²) in [4.78, 5) is 0. The molecule has 1 aromatic heterocycles. The van der Waals surface area contributed by atoms with Gasteiger partial charge in [-0.1, -0.05) is 36.7 Å². The van der Waals surface area contributed by atoms with Crippen molar-refractivity contribution in [2.75, 3.05) is 18.1 Å². The average Bonchev–Trinajstić information content (AvgIpc) is 3.30. The number of benzene rings is 1. The van der Waals surface area contributed by atoms with Gasteiger partial charge in [-0.2, -0.15) is 0 Å². The Labute approximate surface area is 171 Å². The minimum Gasteiger partial charge on any atom is -0.362 e. The molecule has 0 aliphatic heterocycles. The Balaban J connectivity index is 1.49. The van der Waals surface area contributed by atoms with Gasteiger partial charge in [0.2, 0.25) is 0 Å². The maximum absolute atomic E-state index is 5.45. The van der Waals surface area contributed by atoms with E-state index in [1.165, 1.54) is 36.8 Å². The number of aryl methyl sites for hydroxylation is 3. The summed E-state index contributed by atoms with van der Waals surface area (Å²) < 4.78 is 2.38. The zero-order chi connectivity index (χ0) is 19.2. The van der Waals surface area contributed by atoms with Gasteiger partial charge in [0.15, 0.2) is 10.3 Å². The van der Waals surface area contributed by atoms with Crippen molar-refractivity contribution in [3.8, 4) is 0 Å². The molecule has 1 heterocycles. The SMILES string of the molecule is CSc1nnc(CCCNC(=S)Nc2cc(C)ccc2C)n1C1CCCC1. The van der Waals surface area contributed by atoms with Crippen LogP contribution < -0.4 is 10.6 Å². The van der Waals surface area contributed by atoms with Crippen LogP contribution in [0.2, 0.25) is 0 Å². The minimum atomic E-state index is 0.581. The smallest absolute Gasteiger partial charge is 0.191 e. The van der Waals surface area contributed by atoms with Crippen molar-refractivity contribution in [2.24, 2.45) is 0 Å². The van der Waals surface area contributed by atoms with Gasteiger partial charge in [-0.25, -0.2) is 0 Å². The van der Waals surface area contributed by atoms with Crippen LogP contribution in [0, 0.1) is 13.8 Å². The normalized spacial score (nSPS) is 14.5. The highest BCUT2D eigenvalue weighted by atomic mass is 32.2. The highest BCUT2D eigenvalue weighted by molar-refractivity contribution is 7.98. The van der Waals surface area contributed by atoms with E-state index >= 15 is 0 Å². The van der Waals surface area contributed by atoms with Gasteiger partial charge in [0.25, 0.3) is 0 Å². The van der Waals surface area contributed by atoms with E-state index in [0.29, 0.717) is 11.2 Å². The lowest BCUT2D eigenvalue weighted by Crippen LogP contribution is -2.30. The van der Waals surface area contributed by atoms with Crippen LogP contribution in [-0.4, -0.2) is 32.7 Å². The molecule has 7 heteroatoms. The van der Waals surface area contributed by atoms with Crippen molar-refractivity contribution < 1.29 is 0 Å². The molecule has 0 unspecified atom stereocenters. The molecule has 0 amide bonds. The van der Waals surface area contributed by atoms with Crippen LogP contribution in [0.4, 0.5) is 5.69 Å². The van der Waals surface area contributed by atoms with Crippen molar-refractivity contribution in [3.63, 3.8) is 0 Å². The predicted molar refractivity (Wildman–Crippen MR) is 118 cm³/mol. The summed E-state index contributed by atoms with van der Waals surface area (Å²) in [6.07, 6.45) is 9.11. The second-order valence-corrected chi connectivity index (χ2v) is 8.40. The third kappa shape index (κ3) is 5.23. The Kier molecular flexibility index (Phi) is 7.13. The summed E-state index contributed by atoms with van der Waals surface area (Å²) in [5, 5.41) is 17.2. The lowest BCUT2D eigenvalue weighted by molar-refractivity contribution is 0.460. The maximum atomic E-state index is 5.45. The average molecular weight is 404 g/mol. The molecule has 1 aliphatic rings. The Morgan fingerprint density at radius 3 is 2.78 bits per heavy atom. The molecule has 0 spiro atoms. The van der Waals surface area contributed by atoms with Gasteiger partial charge in [0, 0.05) is 24.7 Å². The number of thiocarbonyl (C=S) groups is 1. The molecule has 3 rings (SSSR count). The van der Waals surface area contributed by atoms with Gasteiger partial charge < -0.3 is 15.2 Å². The van der Waals surface area contributed by atoms with Crippen LogP contribution in [0.3, 0.4) is 0 Å². The highest BCUT2D eigenvalue weighted by Gasteiger charge is 2.23. The number of nitrogens with one attached hydrogen (secondary N) is 2. The van der Waals surface area contributed by atoms with Gasteiger partial charge in [-0.05, 0) is 68.8 Å². The molecule has 1 saturated carbocycles. The van der Waals surface area contributed by atoms with Gasteiger partial charge >= 0.3 is 0 Å². The molecule has 1 aromatic carbocycles. The van der Waals surface area contributed by atoms with E-state index in [1.807, 2.05) is 0 Å². The Morgan fingerprint density at radius 1 is 1.26 bits per heavy atom. The fourth-order valence-electron chi connectivity index (χ4n) is 3.63. The van der Waals surface area contributed by atoms with Gasteiger partial charge in [0.05, 0.1) is 0 Å². The minimum absolute atomic E-state index is 0.581. The fourth-order valence-corrected chi connectivity index (χ4v) is 4.42. The van der Waals surface area contributed by atoms with Crippen LogP contribution in [0.5, 0.6) is 0 Å². The third-order valence-corrected chi connectivity index (χ3v) is 6.00. The first kappa shape index (κ1) is 20.1. The van der Waals surface area contributed by atoms with Gasteiger partial charge in [-0.3, -0.25) is 0 Å². The summed E-state index contributed by atoms with van der Waals surface area (Å²) in [6.45, 7) is 5.00. The van der Waals surface area contributed by atoms with E-state index in [4.69, 9.17) is 12.2 Å². The van der Waals surface area contributed by atoms with Crippen molar-refractivity contribution >= 4 is 34.8 Å². The first-order valence-electron chi connectivity index (χ1n) is 9.68. The van der Waals surface area contributed by atoms with Gasteiger partial charge in [0.1, 0.15) is 5.82 Å². The lowest BCUT2D eigenvalue weighted by atomic mass is 10.1. The Morgan fingerprint density at radius 2 is 2.04 bits per heavy atom. The molecule has 0 radical (unpaired) electrons. The Hall–Kier alpha value is -1.60. The molecular weight excluding hydrogens is 374 g/mol. The van der Waals surface area contributed by atoms with Crippen LogP contribution in [-0.2, 0) is 6.42 Å². The lowest BCUT2D eigenvalue weighted by Gasteiger charge is -2.16. The van der Waals surface area contributed by atoms with E-state index in [1.54, 1.807) is 11.8 Å². The van der Waals surface area contributed by atoms with Crippen LogP contribution in [0.15, 0.2) is 23.4 Å². The second-order valence-electron chi connectivity index (χ2n) is 7.21. The molecule has 0 bridgehead atoms.